The predicted molar refractivity (Wildman–Crippen MR) is 59.4 cm³/mol. The molecule has 0 bridgehead atoms. The van der Waals surface area contributed by atoms with Crippen molar-refractivity contribution < 1.29 is 4.79 Å². The second kappa shape index (κ2) is 4.45. The van der Waals surface area contributed by atoms with Gasteiger partial charge in [-0.1, -0.05) is 30.3 Å². The van der Waals surface area contributed by atoms with Crippen molar-refractivity contribution in [1.29, 1.82) is 0 Å². The fourth-order valence-corrected chi connectivity index (χ4v) is 2.07. The smallest absolute Gasteiger partial charge is 0.236 e. The van der Waals surface area contributed by atoms with Gasteiger partial charge in [0.25, 0.3) is 0 Å². The first-order valence-electron chi connectivity index (χ1n) is 5.34. The molecule has 0 aromatic heterocycles. The molecular weight excluding hydrogens is 188 g/mol. The van der Waals surface area contributed by atoms with E-state index in [4.69, 9.17) is 0 Å². The number of carbonyl (C=O) groups excluding carboxylic acids is 1. The average Bonchev–Trinajstić information content (AvgIpc) is 2.78. The van der Waals surface area contributed by atoms with E-state index in [1.807, 2.05) is 18.2 Å². The van der Waals surface area contributed by atoms with Gasteiger partial charge in [-0.05, 0) is 18.4 Å². The highest BCUT2D eigenvalue weighted by atomic mass is 16.2. The van der Waals surface area contributed by atoms with Crippen molar-refractivity contribution in [3.05, 3.63) is 35.9 Å². The van der Waals surface area contributed by atoms with Crippen LogP contribution in [0.4, 0.5) is 0 Å². The van der Waals surface area contributed by atoms with Crippen LogP contribution < -0.4 is 10.6 Å². The van der Waals surface area contributed by atoms with E-state index in [0.29, 0.717) is 6.04 Å². The molecule has 1 aliphatic heterocycles. The first kappa shape index (κ1) is 10.2. The Kier molecular flexibility index (Phi) is 3.02. The molecule has 0 saturated carbocycles. The molecule has 0 radical (unpaired) electrons. The number of hydrogen-bond acceptors (Lipinski definition) is 2. The second-order valence-electron chi connectivity index (χ2n) is 3.87. The number of benzene rings is 1. The van der Waals surface area contributed by atoms with E-state index in [2.05, 4.69) is 22.8 Å². The second-order valence-corrected chi connectivity index (χ2v) is 3.87. The van der Waals surface area contributed by atoms with E-state index in [0.717, 1.165) is 12.8 Å². The molecule has 1 fully saturated rings. The molecule has 2 rings (SSSR count). The van der Waals surface area contributed by atoms with Gasteiger partial charge in [0.15, 0.2) is 0 Å². The summed E-state index contributed by atoms with van der Waals surface area (Å²) in [6.07, 6.45) is 1.95. The van der Waals surface area contributed by atoms with Crippen LogP contribution in [0.15, 0.2) is 30.3 Å². The first-order valence-corrected chi connectivity index (χ1v) is 5.34. The molecule has 1 heterocycles. The maximum absolute atomic E-state index is 11.4. The molecule has 15 heavy (non-hydrogen) atoms. The summed E-state index contributed by atoms with van der Waals surface area (Å²) in [6, 6.07) is 10.6. The summed E-state index contributed by atoms with van der Waals surface area (Å²) < 4.78 is 0. The molecular formula is C12H16N2O. The first-order chi connectivity index (χ1) is 7.31. The van der Waals surface area contributed by atoms with Gasteiger partial charge in [0.05, 0.1) is 6.04 Å². The van der Waals surface area contributed by atoms with Crippen LogP contribution >= 0.6 is 0 Å². The van der Waals surface area contributed by atoms with Gasteiger partial charge >= 0.3 is 0 Å². The van der Waals surface area contributed by atoms with Crippen LogP contribution in [0.25, 0.3) is 0 Å². The normalized spacial score (nSPS) is 25.1. The van der Waals surface area contributed by atoms with Crippen molar-refractivity contribution in [2.24, 2.45) is 0 Å². The Balaban J connectivity index is 2.02. The maximum atomic E-state index is 11.4. The van der Waals surface area contributed by atoms with Gasteiger partial charge in [-0.25, -0.2) is 0 Å². The minimum atomic E-state index is -0.0276. The van der Waals surface area contributed by atoms with Crippen LogP contribution in [0, 0.1) is 0 Å². The summed E-state index contributed by atoms with van der Waals surface area (Å²) in [5, 5.41) is 6.02. The molecule has 1 aromatic carbocycles. The van der Waals surface area contributed by atoms with Gasteiger partial charge in [0.1, 0.15) is 0 Å². The van der Waals surface area contributed by atoms with E-state index in [1.54, 1.807) is 7.05 Å². The largest absolute Gasteiger partial charge is 0.358 e. The SMILES string of the molecule is CNC(=O)[C@@H]1CC[C@H](c2ccccc2)N1. The summed E-state index contributed by atoms with van der Waals surface area (Å²) in [4.78, 5) is 11.4. The van der Waals surface area contributed by atoms with Gasteiger partial charge in [0.2, 0.25) is 5.91 Å². The number of likely N-dealkylation sites (N-methyl/N-ethyl adjacent to an activating group) is 1. The lowest BCUT2D eigenvalue weighted by Gasteiger charge is -2.13. The summed E-state index contributed by atoms with van der Waals surface area (Å²) in [7, 11) is 1.68. The van der Waals surface area contributed by atoms with Crippen LogP contribution in [0.1, 0.15) is 24.4 Å². The maximum Gasteiger partial charge on any atom is 0.236 e. The highest BCUT2D eigenvalue weighted by Gasteiger charge is 2.28. The number of amides is 1. The number of hydrogen-bond donors (Lipinski definition) is 2. The predicted octanol–water partition coefficient (Wildman–Crippen LogP) is 1.23. The Morgan fingerprint density at radius 2 is 2.07 bits per heavy atom. The van der Waals surface area contributed by atoms with Crippen LogP contribution in [-0.4, -0.2) is 19.0 Å². The fourth-order valence-electron chi connectivity index (χ4n) is 2.07. The zero-order chi connectivity index (χ0) is 10.7. The topological polar surface area (TPSA) is 41.1 Å². The molecule has 80 valence electrons. The van der Waals surface area contributed by atoms with Crippen LogP contribution in [0.5, 0.6) is 0 Å². The average molecular weight is 204 g/mol. The Labute approximate surface area is 89.9 Å². The van der Waals surface area contributed by atoms with Gasteiger partial charge in [-0.2, -0.15) is 0 Å². The van der Waals surface area contributed by atoms with Gasteiger partial charge in [-0.3, -0.25) is 10.1 Å². The molecule has 3 nitrogen and oxygen atoms in total. The van der Waals surface area contributed by atoms with Crippen LogP contribution in [0.3, 0.4) is 0 Å². The zero-order valence-corrected chi connectivity index (χ0v) is 8.86. The molecule has 1 amide bonds. The number of carbonyl (C=O) groups is 1. The lowest BCUT2D eigenvalue weighted by molar-refractivity contribution is -0.122. The third-order valence-electron chi connectivity index (χ3n) is 2.91. The molecule has 0 unspecified atom stereocenters. The van der Waals surface area contributed by atoms with Crippen molar-refractivity contribution in [3.8, 4) is 0 Å². The van der Waals surface area contributed by atoms with Crippen molar-refractivity contribution in [2.45, 2.75) is 24.9 Å². The van der Waals surface area contributed by atoms with E-state index in [1.165, 1.54) is 5.56 Å². The Morgan fingerprint density at radius 3 is 2.73 bits per heavy atom. The molecule has 2 atom stereocenters. The van der Waals surface area contributed by atoms with Crippen molar-refractivity contribution in [2.75, 3.05) is 7.05 Å². The molecule has 0 spiro atoms. The van der Waals surface area contributed by atoms with Gasteiger partial charge in [-0.15, -0.1) is 0 Å². The number of rotatable bonds is 2. The van der Waals surface area contributed by atoms with E-state index < -0.39 is 0 Å². The minimum Gasteiger partial charge on any atom is -0.358 e. The standard InChI is InChI=1S/C12H16N2O/c1-13-12(15)11-8-7-10(14-11)9-5-3-2-4-6-9/h2-6,10-11,14H,7-8H2,1H3,(H,13,15)/t10-,11+/m1/s1. The number of nitrogens with one attached hydrogen (secondary N) is 2. The van der Waals surface area contributed by atoms with Crippen molar-refractivity contribution in [1.82, 2.24) is 10.6 Å². The zero-order valence-electron chi connectivity index (χ0n) is 8.86. The minimum absolute atomic E-state index is 0.0276. The molecule has 0 aliphatic carbocycles. The fraction of sp³-hybridized carbons (Fsp3) is 0.417. The lowest BCUT2D eigenvalue weighted by atomic mass is 10.1. The summed E-state index contributed by atoms with van der Waals surface area (Å²) in [5.74, 6) is 0.0911. The highest BCUT2D eigenvalue weighted by molar-refractivity contribution is 5.81. The monoisotopic (exact) mass is 204 g/mol. The molecule has 1 saturated heterocycles. The molecule has 2 N–H and O–H groups in total. The summed E-state index contributed by atoms with van der Waals surface area (Å²) in [5.41, 5.74) is 1.27. The van der Waals surface area contributed by atoms with Crippen molar-refractivity contribution in [3.63, 3.8) is 0 Å². The van der Waals surface area contributed by atoms with Crippen LogP contribution in [-0.2, 0) is 4.79 Å². The molecule has 3 heteroatoms. The molecule has 1 aliphatic rings. The van der Waals surface area contributed by atoms with Crippen LogP contribution in [0.2, 0.25) is 0 Å². The Bertz CT molecular complexity index is 337. The highest BCUT2D eigenvalue weighted by Crippen LogP contribution is 2.26. The summed E-state index contributed by atoms with van der Waals surface area (Å²) >= 11 is 0. The molecule has 1 aromatic rings. The van der Waals surface area contributed by atoms with E-state index in [-0.39, 0.29) is 11.9 Å². The third-order valence-corrected chi connectivity index (χ3v) is 2.91. The third kappa shape index (κ3) is 2.18. The Morgan fingerprint density at radius 1 is 1.33 bits per heavy atom. The van der Waals surface area contributed by atoms with Crippen molar-refractivity contribution >= 4 is 5.91 Å². The van der Waals surface area contributed by atoms with Gasteiger partial charge < -0.3 is 5.32 Å². The quantitative estimate of drug-likeness (QED) is 0.760. The lowest BCUT2D eigenvalue weighted by Crippen LogP contribution is -2.39. The Hall–Kier alpha value is -1.35. The van der Waals surface area contributed by atoms with E-state index >= 15 is 0 Å². The van der Waals surface area contributed by atoms with E-state index in [9.17, 15) is 4.79 Å². The van der Waals surface area contributed by atoms with Gasteiger partial charge in [0, 0.05) is 13.1 Å². The summed E-state index contributed by atoms with van der Waals surface area (Å²) in [6.45, 7) is 0.